The van der Waals surface area contributed by atoms with Crippen LogP contribution in [0, 0.1) is 11.3 Å². The van der Waals surface area contributed by atoms with Crippen molar-refractivity contribution in [1.82, 2.24) is 9.97 Å². The highest BCUT2D eigenvalue weighted by molar-refractivity contribution is 8.00. The number of ether oxygens (including phenoxy) is 1. The summed E-state index contributed by atoms with van der Waals surface area (Å²) in [4.78, 5) is 22.0. The molecule has 0 radical (unpaired) electrons. The van der Waals surface area contributed by atoms with Gasteiger partial charge in [0.2, 0.25) is 5.91 Å². The maximum absolute atomic E-state index is 12.7. The molecule has 1 aliphatic rings. The van der Waals surface area contributed by atoms with Crippen LogP contribution in [0.5, 0.6) is 5.75 Å². The van der Waals surface area contributed by atoms with Gasteiger partial charge >= 0.3 is 0 Å². The van der Waals surface area contributed by atoms with Crippen molar-refractivity contribution in [3.8, 4) is 23.1 Å². The largest absolute Gasteiger partial charge is 0.497 e. The molecule has 1 N–H and O–H groups in total. The molecule has 0 saturated carbocycles. The lowest BCUT2D eigenvalue weighted by Crippen LogP contribution is -2.22. The molecule has 0 spiro atoms. The topological polar surface area (TPSA) is 87.9 Å². The highest BCUT2D eigenvalue weighted by atomic mass is 32.2. The second-order valence-electron chi connectivity index (χ2n) is 7.28. The number of thioether (sulfide) groups is 1. The maximum atomic E-state index is 12.7. The Bertz CT molecular complexity index is 1140. The van der Waals surface area contributed by atoms with E-state index in [1.807, 2.05) is 42.6 Å². The minimum Gasteiger partial charge on any atom is -0.497 e. The van der Waals surface area contributed by atoms with Crippen LogP contribution in [0.4, 0.5) is 5.13 Å². The summed E-state index contributed by atoms with van der Waals surface area (Å²) >= 11 is 2.70. The van der Waals surface area contributed by atoms with Crippen LogP contribution in [0.15, 0.2) is 40.7 Å². The second kappa shape index (κ2) is 9.50. The van der Waals surface area contributed by atoms with Crippen molar-refractivity contribution in [3.63, 3.8) is 0 Å². The Morgan fingerprint density at radius 1 is 1.26 bits per heavy atom. The minimum absolute atomic E-state index is 0.163. The van der Waals surface area contributed by atoms with E-state index in [1.54, 1.807) is 7.11 Å². The number of methoxy groups -OCH3 is 1. The van der Waals surface area contributed by atoms with Crippen LogP contribution >= 0.6 is 23.1 Å². The number of aromatic nitrogens is 2. The molecule has 2 aromatic heterocycles. The van der Waals surface area contributed by atoms with Crippen LogP contribution in [0.25, 0.3) is 11.3 Å². The Morgan fingerprint density at radius 3 is 2.77 bits per heavy atom. The first-order chi connectivity index (χ1) is 15.1. The molecule has 1 aromatic carbocycles. The number of anilines is 1. The monoisotopic (exact) mass is 450 g/mol. The van der Waals surface area contributed by atoms with Crippen molar-refractivity contribution in [1.29, 1.82) is 5.26 Å². The SMILES string of the molecule is COc1ccc(-c2csc(NC(=O)C(C)Sc3nc4c(cc3C#N)CCCC4)n2)cc1. The van der Waals surface area contributed by atoms with Crippen molar-refractivity contribution in [2.45, 2.75) is 42.9 Å². The van der Waals surface area contributed by atoms with Gasteiger partial charge in [0.15, 0.2) is 5.13 Å². The normalized spacial score (nSPS) is 13.7. The predicted octanol–water partition coefficient (Wildman–Crippen LogP) is 5.08. The minimum atomic E-state index is -0.408. The van der Waals surface area contributed by atoms with Crippen molar-refractivity contribution >= 4 is 34.1 Å². The Labute approximate surface area is 189 Å². The van der Waals surface area contributed by atoms with Gasteiger partial charge in [-0.1, -0.05) is 11.8 Å². The first kappa shape index (κ1) is 21.3. The molecule has 2 heterocycles. The van der Waals surface area contributed by atoms with Gasteiger partial charge in [0, 0.05) is 16.6 Å². The molecule has 1 unspecified atom stereocenters. The van der Waals surface area contributed by atoms with E-state index in [-0.39, 0.29) is 5.91 Å². The number of rotatable bonds is 6. The number of hydrogen-bond donors (Lipinski definition) is 1. The fourth-order valence-electron chi connectivity index (χ4n) is 3.44. The number of aryl methyl sites for hydroxylation is 2. The third-order valence-electron chi connectivity index (χ3n) is 5.16. The van der Waals surface area contributed by atoms with Gasteiger partial charge in [0.05, 0.1) is 23.6 Å². The van der Waals surface area contributed by atoms with E-state index in [0.717, 1.165) is 53.9 Å². The number of amides is 1. The van der Waals surface area contributed by atoms with Gasteiger partial charge in [-0.15, -0.1) is 11.3 Å². The van der Waals surface area contributed by atoms with E-state index in [0.29, 0.717) is 15.7 Å². The van der Waals surface area contributed by atoms with Crippen molar-refractivity contribution in [3.05, 3.63) is 52.5 Å². The van der Waals surface area contributed by atoms with Crippen LogP contribution in [0.2, 0.25) is 0 Å². The number of nitrogens with zero attached hydrogens (tertiary/aromatic N) is 3. The second-order valence-corrected chi connectivity index (χ2v) is 9.47. The molecule has 8 heteroatoms. The quantitative estimate of drug-likeness (QED) is 0.527. The molecule has 0 fully saturated rings. The van der Waals surface area contributed by atoms with Crippen LogP contribution in [-0.2, 0) is 17.6 Å². The van der Waals surface area contributed by atoms with E-state index in [4.69, 9.17) is 9.72 Å². The fraction of sp³-hybridized carbons (Fsp3) is 0.304. The summed E-state index contributed by atoms with van der Waals surface area (Å²) in [5.74, 6) is 0.620. The smallest absolute Gasteiger partial charge is 0.239 e. The summed E-state index contributed by atoms with van der Waals surface area (Å²) in [7, 11) is 1.63. The molecule has 158 valence electrons. The fourth-order valence-corrected chi connectivity index (χ4v) is 5.06. The highest BCUT2D eigenvalue weighted by Crippen LogP contribution is 2.31. The maximum Gasteiger partial charge on any atom is 0.239 e. The number of benzene rings is 1. The third kappa shape index (κ3) is 4.89. The zero-order valence-corrected chi connectivity index (χ0v) is 19.0. The van der Waals surface area contributed by atoms with Crippen molar-refractivity contribution < 1.29 is 9.53 Å². The van der Waals surface area contributed by atoms with Crippen LogP contribution in [0.3, 0.4) is 0 Å². The Hall–Kier alpha value is -2.89. The number of nitrogens with one attached hydrogen (secondary N) is 1. The van der Waals surface area contributed by atoms with Gasteiger partial charge in [-0.3, -0.25) is 4.79 Å². The first-order valence-corrected chi connectivity index (χ1v) is 11.8. The van der Waals surface area contributed by atoms with Gasteiger partial charge in [-0.05, 0) is 68.5 Å². The standard InChI is InChI=1S/C23H22N4O2S2/c1-14(31-22-17(12-24)11-16-5-3-4-6-19(16)25-22)21(28)27-23-26-20(13-30-23)15-7-9-18(29-2)10-8-15/h7-11,13-14H,3-6H2,1-2H3,(H,26,27,28). The Balaban J connectivity index is 1.43. The summed E-state index contributed by atoms with van der Waals surface area (Å²) in [6.45, 7) is 1.82. The number of carbonyl (C=O) groups is 1. The molecule has 1 amide bonds. The van der Waals surface area contributed by atoms with Crippen molar-refractivity contribution in [2.24, 2.45) is 0 Å². The summed E-state index contributed by atoms with van der Waals surface area (Å²) in [5, 5.41) is 15.1. The van der Waals surface area contributed by atoms with Gasteiger partial charge < -0.3 is 10.1 Å². The van der Waals surface area contributed by atoms with Gasteiger partial charge in [0.1, 0.15) is 16.8 Å². The summed E-state index contributed by atoms with van der Waals surface area (Å²) < 4.78 is 5.18. The number of carbonyl (C=O) groups excluding carboxylic acids is 1. The third-order valence-corrected chi connectivity index (χ3v) is 7.02. The molecule has 3 aromatic rings. The molecule has 31 heavy (non-hydrogen) atoms. The van der Waals surface area contributed by atoms with E-state index >= 15 is 0 Å². The van der Waals surface area contributed by atoms with E-state index in [9.17, 15) is 10.1 Å². The zero-order chi connectivity index (χ0) is 21.8. The van der Waals surface area contributed by atoms with Gasteiger partial charge in [0.25, 0.3) is 0 Å². The van der Waals surface area contributed by atoms with Crippen LogP contribution in [0.1, 0.15) is 36.6 Å². The predicted molar refractivity (Wildman–Crippen MR) is 124 cm³/mol. The number of thiazole rings is 1. The average Bonchev–Trinajstić information content (AvgIpc) is 3.27. The average molecular weight is 451 g/mol. The molecule has 0 bridgehead atoms. The van der Waals surface area contributed by atoms with E-state index in [1.165, 1.54) is 23.1 Å². The van der Waals surface area contributed by atoms with Crippen LogP contribution in [-0.4, -0.2) is 28.2 Å². The van der Waals surface area contributed by atoms with E-state index < -0.39 is 5.25 Å². The van der Waals surface area contributed by atoms with E-state index in [2.05, 4.69) is 16.4 Å². The highest BCUT2D eigenvalue weighted by Gasteiger charge is 2.21. The summed E-state index contributed by atoms with van der Waals surface area (Å²) in [5.41, 5.74) is 4.52. The molecular formula is C23H22N4O2S2. The lowest BCUT2D eigenvalue weighted by molar-refractivity contribution is -0.115. The number of fused-ring (bicyclic) bond motifs is 1. The lowest BCUT2D eigenvalue weighted by Gasteiger charge is -2.17. The molecule has 0 aliphatic heterocycles. The Kier molecular flexibility index (Phi) is 6.54. The molecule has 6 nitrogen and oxygen atoms in total. The number of hydrogen-bond acceptors (Lipinski definition) is 7. The Morgan fingerprint density at radius 2 is 2.03 bits per heavy atom. The molecular weight excluding hydrogens is 428 g/mol. The van der Waals surface area contributed by atoms with Gasteiger partial charge in [-0.2, -0.15) is 5.26 Å². The molecule has 1 atom stereocenters. The molecule has 0 saturated heterocycles. The van der Waals surface area contributed by atoms with Crippen LogP contribution < -0.4 is 10.1 Å². The van der Waals surface area contributed by atoms with Crippen molar-refractivity contribution in [2.75, 3.05) is 12.4 Å². The number of pyridine rings is 1. The number of nitriles is 1. The van der Waals surface area contributed by atoms with Gasteiger partial charge in [-0.25, -0.2) is 9.97 Å². The summed E-state index contributed by atoms with van der Waals surface area (Å²) in [6.07, 6.45) is 4.16. The zero-order valence-electron chi connectivity index (χ0n) is 17.3. The molecule has 1 aliphatic carbocycles. The summed E-state index contributed by atoms with van der Waals surface area (Å²) in [6, 6.07) is 11.8. The lowest BCUT2D eigenvalue weighted by atomic mass is 9.95. The first-order valence-electron chi connectivity index (χ1n) is 10.1. The molecule has 4 rings (SSSR count).